The molecule has 0 bridgehead atoms. The molecule has 2 aliphatic carbocycles. The van der Waals surface area contributed by atoms with Crippen molar-refractivity contribution in [2.75, 3.05) is 0 Å². The van der Waals surface area contributed by atoms with E-state index in [-0.39, 0.29) is 0 Å². The van der Waals surface area contributed by atoms with Gasteiger partial charge in [0, 0.05) is 0 Å². The molecule has 0 saturated heterocycles. The minimum atomic E-state index is 1.11. The lowest BCUT2D eigenvalue weighted by Gasteiger charge is -1.95. The minimum Gasteiger partial charge on any atom is -0.0801 e. The van der Waals surface area contributed by atoms with Crippen LogP contribution in [0, 0.1) is 0 Å². The predicted octanol–water partition coefficient (Wildman–Crippen LogP) is 2.76. The largest absolute Gasteiger partial charge is 0.0801 e. The first-order valence-electron chi connectivity index (χ1n) is 3.68. The molecule has 0 amide bonds. The number of rotatable bonds is 0. The van der Waals surface area contributed by atoms with E-state index >= 15 is 0 Å². The van der Waals surface area contributed by atoms with Crippen molar-refractivity contribution in [1.29, 1.82) is 0 Å². The highest BCUT2D eigenvalue weighted by Crippen LogP contribution is 2.24. The summed E-state index contributed by atoms with van der Waals surface area (Å²) in [5.41, 5.74) is 2.98. The molecule has 0 N–H and O–H groups in total. The lowest BCUT2D eigenvalue weighted by atomic mass is 10.1. The molecule has 0 radical (unpaired) electrons. The second-order valence-corrected chi connectivity index (χ2v) is 2.65. The van der Waals surface area contributed by atoms with Crippen LogP contribution in [0.15, 0.2) is 47.6 Å². The Kier molecular flexibility index (Phi) is 1.31. The second-order valence-electron chi connectivity index (χ2n) is 2.65. The fraction of sp³-hybridized carbons (Fsp3) is 0.200. The van der Waals surface area contributed by atoms with Gasteiger partial charge in [0.15, 0.2) is 0 Å². The van der Waals surface area contributed by atoms with Gasteiger partial charge < -0.3 is 0 Å². The first-order valence-corrected chi connectivity index (χ1v) is 3.68. The van der Waals surface area contributed by atoms with Gasteiger partial charge in [0.25, 0.3) is 0 Å². The van der Waals surface area contributed by atoms with Gasteiger partial charge in [-0.2, -0.15) is 0 Å². The number of allylic oxidation sites excluding steroid dienone is 8. The molecular formula is C10H10. The van der Waals surface area contributed by atoms with Crippen molar-refractivity contribution in [3.63, 3.8) is 0 Å². The van der Waals surface area contributed by atoms with Gasteiger partial charge >= 0.3 is 0 Å². The Labute approximate surface area is 61.3 Å². The van der Waals surface area contributed by atoms with Crippen LogP contribution in [0.3, 0.4) is 0 Å². The molecular weight excluding hydrogens is 120 g/mol. The molecule has 0 heterocycles. The summed E-state index contributed by atoms with van der Waals surface area (Å²) in [5, 5.41) is 0. The summed E-state index contributed by atoms with van der Waals surface area (Å²) in [6.45, 7) is 0. The third kappa shape index (κ3) is 0.860. The smallest absolute Gasteiger partial charge is 0.00914 e. The van der Waals surface area contributed by atoms with Crippen LogP contribution < -0.4 is 0 Å². The van der Waals surface area contributed by atoms with Crippen molar-refractivity contribution in [2.45, 2.75) is 12.8 Å². The zero-order valence-electron chi connectivity index (χ0n) is 5.88. The Morgan fingerprint density at radius 1 is 0.800 bits per heavy atom. The molecule has 0 spiro atoms. The minimum absolute atomic E-state index is 1.11. The molecule has 0 heteroatoms. The Morgan fingerprint density at radius 3 is 2.60 bits per heavy atom. The standard InChI is InChI=1S/C10H10/c1-2-5-9-7-4-8-10(9)6-3-1/h1-5,8H,6-7H2. The average molecular weight is 130 g/mol. The fourth-order valence-corrected chi connectivity index (χ4v) is 1.39. The highest BCUT2D eigenvalue weighted by Gasteiger charge is 2.04. The summed E-state index contributed by atoms with van der Waals surface area (Å²) in [7, 11) is 0. The van der Waals surface area contributed by atoms with Crippen LogP contribution in [0.4, 0.5) is 0 Å². The van der Waals surface area contributed by atoms with Gasteiger partial charge in [0.2, 0.25) is 0 Å². The molecule has 0 aromatic heterocycles. The quantitative estimate of drug-likeness (QED) is 0.473. The topological polar surface area (TPSA) is 0 Å². The van der Waals surface area contributed by atoms with Crippen LogP contribution in [0.25, 0.3) is 0 Å². The maximum Gasteiger partial charge on any atom is -0.00914 e. The molecule has 0 unspecified atom stereocenters. The van der Waals surface area contributed by atoms with Crippen molar-refractivity contribution in [3.8, 4) is 0 Å². The van der Waals surface area contributed by atoms with Gasteiger partial charge in [-0.3, -0.25) is 0 Å². The van der Waals surface area contributed by atoms with Gasteiger partial charge in [-0.05, 0) is 24.0 Å². The van der Waals surface area contributed by atoms with Crippen molar-refractivity contribution in [2.24, 2.45) is 0 Å². The van der Waals surface area contributed by atoms with Crippen LogP contribution in [-0.2, 0) is 0 Å². The molecule has 2 aliphatic rings. The van der Waals surface area contributed by atoms with E-state index in [2.05, 4.69) is 36.5 Å². The zero-order valence-corrected chi connectivity index (χ0v) is 5.88. The van der Waals surface area contributed by atoms with E-state index in [0.717, 1.165) is 12.8 Å². The van der Waals surface area contributed by atoms with Crippen LogP contribution in [0.2, 0.25) is 0 Å². The third-order valence-corrected chi connectivity index (χ3v) is 1.95. The summed E-state index contributed by atoms with van der Waals surface area (Å²) in [4.78, 5) is 0. The number of hydrogen-bond donors (Lipinski definition) is 0. The summed E-state index contributed by atoms with van der Waals surface area (Å²) in [6, 6.07) is 0. The van der Waals surface area contributed by atoms with Gasteiger partial charge in [0.1, 0.15) is 0 Å². The lowest BCUT2D eigenvalue weighted by molar-refractivity contribution is 1.24. The maximum atomic E-state index is 2.23. The first kappa shape index (κ1) is 5.72. The second kappa shape index (κ2) is 2.30. The lowest BCUT2D eigenvalue weighted by Crippen LogP contribution is -1.75. The van der Waals surface area contributed by atoms with E-state index < -0.39 is 0 Å². The van der Waals surface area contributed by atoms with Crippen LogP contribution in [0.1, 0.15) is 12.8 Å². The number of hydrogen-bond acceptors (Lipinski definition) is 0. The van der Waals surface area contributed by atoms with Crippen LogP contribution in [0.5, 0.6) is 0 Å². The van der Waals surface area contributed by atoms with E-state index in [1.54, 1.807) is 0 Å². The Balaban J connectivity index is 2.36. The molecule has 0 aromatic rings. The Morgan fingerprint density at radius 2 is 1.60 bits per heavy atom. The Hall–Kier alpha value is -1.04. The highest BCUT2D eigenvalue weighted by molar-refractivity contribution is 5.43. The van der Waals surface area contributed by atoms with Gasteiger partial charge in [-0.1, -0.05) is 36.5 Å². The summed E-state index contributed by atoms with van der Waals surface area (Å²) >= 11 is 0. The Bertz CT molecular complexity index is 249. The molecule has 0 saturated carbocycles. The van der Waals surface area contributed by atoms with E-state index in [0.29, 0.717) is 0 Å². The normalized spacial score (nSPS) is 21.6. The highest BCUT2D eigenvalue weighted by atomic mass is 14.1. The SMILES string of the molecule is C1=CCC2=C(C=C1)CC=C2. The monoisotopic (exact) mass is 130 g/mol. The summed E-state index contributed by atoms with van der Waals surface area (Å²) < 4.78 is 0. The molecule has 0 nitrogen and oxygen atoms in total. The van der Waals surface area contributed by atoms with Crippen molar-refractivity contribution < 1.29 is 0 Å². The zero-order chi connectivity index (χ0) is 6.81. The van der Waals surface area contributed by atoms with Gasteiger partial charge in [-0.25, -0.2) is 0 Å². The van der Waals surface area contributed by atoms with E-state index in [9.17, 15) is 0 Å². The van der Waals surface area contributed by atoms with E-state index in [4.69, 9.17) is 0 Å². The molecule has 2 rings (SSSR count). The van der Waals surface area contributed by atoms with Crippen molar-refractivity contribution in [1.82, 2.24) is 0 Å². The predicted molar refractivity (Wildman–Crippen MR) is 43.7 cm³/mol. The third-order valence-electron chi connectivity index (χ3n) is 1.95. The first-order chi connectivity index (χ1) is 4.97. The average Bonchev–Trinajstić information content (AvgIpc) is 2.28. The van der Waals surface area contributed by atoms with Gasteiger partial charge in [-0.15, -0.1) is 0 Å². The molecule has 0 fully saturated rings. The molecule has 0 atom stereocenters. The van der Waals surface area contributed by atoms with Crippen molar-refractivity contribution in [3.05, 3.63) is 47.6 Å². The fourth-order valence-electron chi connectivity index (χ4n) is 1.39. The van der Waals surface area contributed by atoms with Gasteiger partial charge in [0.05, 0.1) is 0 Å². The van der Waals surface area contributed by atoms with Crippen LogP contribution >= 0.6 is 0 Å². The van der Waals surface area contributed by atoms with Crippen molar-refractivity contribution >= 4 is 0 Å². The van der Waals surface area contributed by atoms with E-state index in [1.807, 2.05) is 0 Å². The molecule has 0 aromatic carbocycles. The van der Waals surface area contributed by atoms with E-state index in [1.165, 1.54) is 11.1 Å². The summed E-state index contributed by atoms with van der Waals surface area (Å²) in [5.74, 6) is 0. The molecule has 10 heavy (non-hydrogen) atoms. The molecule has 50 valence electrons. The van der Waals surface area contributed by atoms with Crippen LogP contribution in [-0.4, -0.2) is 0 Å². The molecule has 0 aliphatic heterocycles. The maximum absolute atomic E-state index is 2.23. The summed E-state index contributed by atoms with van der Waals surface area (Å²) in [6.07, 6.45) is 15.4.